The summed E-state index contributed by atoms with van der Waals surface area (Å²) in [6.45, 7) is 6.15. The zero-order valence-electron chi connectivity index (χ0n) is 24.4. The van der Waals surface area contributed by atoms with Crippen molar-refractivity contribution in [3.8, 4) is 22.8 Å². The first-order chi connectivity index (χ1) is 21.2. The lowest BCUT2D eigenvalue weighted by Crippen LogP contribution is -2.46. The van der Waals surface area contributed by atoms with E-state index in [1.54, 1.807) is 0 Å². The third kappa shape index (κ3) is 7.39. The molecule has 236 valence electrons. The Kier molecular flexibility index (Phi) is 8.79. The molecule has 0 saturated heterocycles. The van der Waals surface area contributed by atoms with Crippen molar-refractivity contribution in [2.45, 2.75) is 57.9 Å². The Balaban J connectivity index is 1.18. The summed E-state index contributed by atoms with van der Waals surface area (Å²) in [5.74, 6) is 0.000805. The number of urea groups is 1. The fourth-order valence-corrected chi connectivity index (χ4v) is 5.21. The van der Waals surface area contributed by atoms with E-state index >= 15 is 0 Å². The van der Waals surface area contributed by atoms with E-state index in [0.717, 1.165) is 40.1 Å². The number of fused-ring (bicyclic) bond motifs is 1. The number of benzene rings is 3. The summed E-state index contributed by atoms with van der Waals surface area (Å²) in [5, 5.41) is 13.4. The van der Waals surface area contributed by atoms with Crippen LogP contribution in [0.1, 0.15) is 42.0 Å². The van der Waals surface area contributed by atoms with Crippen LogP contribution in [0.5, 0.6) is 5.75 Å². The molecular weight excluding hydrogens is 615 g/mol. The van der Waals surface area contributed by atoms with E-state index in [1.807, 2.05) is 43.3 Å². The van der Waals surface area contributed by atoms with Crippen LogP contribution < -0.4 is 20.7 Å². The Labute approximate surface area is 261 Å². The molecule has 5 rings (SSSR count). The maximum Gasteiger partial charge on any atom is 0.499 e. The van der Waals surface area contributed by atoms with Gasteiger partial charge in [-0.2, -0.15) is 22.0 Å². The number of aryl methyl sites for hydroxylation is 1. The van der Waals surface area contributed by atoms with Gasteiger partial charge in [-0.1, -0.05) is 38.1 Å². The summed E-state index contributed by atoms with van der Waals surface area (Å²) >= 11 is 5.38. The van der Waals surface area contributed by atoms with Crippen LogP contribution in [0, 0.1) is 6.92 Å². The number of carbonyl (C=O) groups is 1. The largest absolute Gasteiger partial charge is 0.499 e. The minimum Gasteiger partial charge on any atom is -0.426 e. The van der Waals surface area contributed by atoms with Crippen LogP contribution in [0.4, 0.5) is 32.4 Å². The second-order valence-corrected chi connectivity index (χ2v) is 11.4. The van der Waals surface area contributed by atoms with Crippen molar-refractivity contribution in [1.29, 1.82) is 0 Å². The Bertz CT molecular complexity index is 1720. The van der Waals surface area contributed by atoms with Gasteiger partial charge in [0, 0.05) is 17.3 Å². The lowest BCUT2D eigenvalue weighted by atomic mass is 9.99. The molecule has 0 saturated carbocycles. The van der Waals surface area contributed by atoms with Gasteiger partial charge in [-0.25, -0.2) is 14.5 Å². The number of nitrogens with one attached hydrogen (secondary N) is 3. The minimum atomic E-state index is -5.84. The van der Waals surface area contributed by atoms with E-state index < -0.39 is 24.1 Å². The van der Waals surface area contributed by atoms with Crippen molar-refractivity contribution < 1.29 is 31.5 Å². The molecule has 14 heteroatoms. The molecule has 1 aliphatic rings. The number of halogens is 5. The van der Waals surface area contributed by atoms with Crippen molar-refractivity contribution >= 4 is 29.0 Å². The van der Waals surface area contributed by atoms with Crippen LogP contribution >= 0.6 is 12.2 Å². The number of aromatic nitrogens is 3. The summed E-state index contributed by atoms with van der Waals surface area (Å²) in [6.07, 6.45) is -8.55. The van der Waals surface area contributed by atoms with Crippen LogP contribution in [-0.4, -0.2) is 44.2 Å². The molecule has 8 nitrogen and oxygen atoms in total. The van der Waals surface area contributed by atoms with Gasteiger partial charge in [0.2, 0.25) is 0 Å². The van der Waals surface area contributed by atoms with E-state index in [-0.39, 0.29) is 17.1 Å². The fraction of sp³-hybridized carbons (Fsp3) is 0.290. The minimum absolute atomic E-state index is 0.154. The molecule has 0 aliphatic heterocycles. The molecule has 4 aromatic rings. The average molecular weight is 645 g/mol. The highest BCUT2D eigenvalue weighted by atomic mass is 32.1. The first-order valence-corrected chi connectivity index (χ1v) is 14.4. The number of ether oxygens (including phenoxy) is 1. The smallest absolute Gasteiger partial charge is 0.426 e. The lowest BCUT2D eigenvalue weighted by Gasteiger charge is -2.20. The number of thiocarbonyl (C=S) groups is 1. The van der Waals surface area contributed by atoms with Gasteiger partial charge in [-0.05, 0) is 96.6 Å². The van der Waals surface area contributed by atoms with E-state index in [2.05, 4.69) is 44.6 Å². The highest BCUT2D eigenvalue weighted by molar-refractivity contribution is 7.80. The zero-order valence-corrected chi connectivity index (χ0v) is 25.2. The van der Waals surface area contributed by atoms with E-state index in [1.165, 1.54) is 23.1 Å². The van der Waals surface area contributed by atoms with Gasteiger partial charge >= 0.3 is 18.3 Å². The maximum absolute atomic E-state index is 13.2. The number of amides is 2. The first-order valence-electron chi connectivity index (χ1n) is 14.0. The lowest BCUT2D eigenvalue weighted by molar-refractivity contribution is -0.360. The third-order valence-corrected chi connectivity index (χ3v) is 7.41. The zero-order chi connectivity index (χ0) is 32.5. The van der Waals surface area contributed by atoms with Gasteiger partial charge < -0.3 is 15.4 Å². The summed E-state index contributed by atoms with van der Waals surface area (Å²) in [5.41, 5.74) is 6.19. The number of alkyl halides is 5. The molecule has 2 amide bonds. The van der Waals surface area contributed by atoms with Crippen molar-refractivity contribution in [1.82, 2.24) is 25.4 Å². The molecule has 1 aromatic heterocycles. The summed E-state index contributed by atoms with van der Waals surface area (Å²) in [7, 11) is 0. The number of nitrogens with zero attached hydrogens (tertiary/aromatic N) is 3. The van der Waals surface area contributed by atoms with Gasteiger partial charge in [-0.15, -0.1) is 5.10 Å². The molecule has 0 spiro atoms. The SMILES string of the molecule is Cc1ccc(C(C)C)c(NC(=S)NC(=O)NC2Cc3ccc(-c4ncn(-c5ccc(OC(F)(F)C(F)(F)F)cc5)n4)cc3C2)c1. The molecule has 0 bridgehead atoms. The van der Waals surface area contributed by atoms with Crippen molar-refractivity contribution in [2.75, 3.05) is 5.32 Å². The molecule has 3 N–H and O–H groups in total. The third-order valence-electron chi connectivity index (χ3n) is 7.21. The quantitative estimate of drug-likeness (QED) is 0.147. The molecule has 0 fully saturated rings. The van der Waals surface area contributed by atoms with Gasteiger partial charge in [-0.3, -0.25) is 5.32 Å². The second-order valence-electron chi connectivity index (χ2n) is 11.0. The first kappa shape index (κ1) is 31.8. The maximum atomic E-state index is 13.2. The van der Waals surface area contributed by atoms with Crippen LogP contribution in [0.2, 0.25) is 0 Å². The van der Waals surface area contributed by atoms with Crippen LogP contribution in [-0.2, 0) is 12.8 Å². The van der Waals surface area contributed by atoms with Gasteiger partial charge in [0.15, 0.2) is 10.9 Å². The fourth-order valence-electron chi connectivity index (χ4n) is 5.01. The predicted molar refractivity (Wildman–Crippen MR) is 163 cm³/mol. The molecule has 1 heterocycles. The number of carbonyl (C=O) groups excluding carboxylic acids is 1. The van der Waals surface area contributed by atoms with Gasteiger partial charge in [0.1, 0.15) is 12.1 Å². The van der Waals surface area contributed by atoms with Crippen molar-refractivity contribution in [2.24, 2.45) is 0 Å². The Hall–Kier alpha value is -4.59. The highest BCUT2D eigenvalue weighted by Gasteiger charge is 2.61. The standard InChI is InChI=1S/C31H29F5N6O2S/c1-17(2)25-11-4-18(3)12-26(25)39-29(45)40-28(43)38-22-14-19-5-6-20(13-21(19)15-22)27-37-16-42(41-27)23-7-9-24(10-8-23)44-31(35,36)30(32,33)34/h4-13,16-17,22H,14-15H2,1-3H3,(H3,38,39,40,43,45). The van der Waals surface area contributed by atoms with Crippen LogP contribution in [0.15, 0.2) is 67.0 Å². The number of rotatable bonds is 7. The predicted octanol–water partition coefficient (Wildman–Crippen LogP) is 7.06. The van der Waals surface area contributed by atoms with E-state index in [4.69, 9.17) is 12.2 Å². The van der Waals surface area contributed by atoms with Crippen molar-refractivity contribution in [3.05, 3.63) is 89.2 Å². The molecule has 3 aromatic carbocycles. The van der Waals surface area contributed by atoms with Crippen LogP contribution in [0.25, 0.3) is 17.1 Å². The topological polar surface area (TPSA) is 93.1 Å². The van der Waals surface area contributed by atoms with Crippen molar-refractivity contribution in [3.63, 3.8) is 0 Å². The Morgan fingerprint density at radius 1 is 1.00 bits per heavy atom. The summed E-state index contributed by atoms with van der Waals surface area (Å²) in [4.78, 5) is 17.0. The molecule has 1 atom stereocenters. The molecular formula is C31H29F5N6O2S. The summed E-state index contributed by atoms with van der Waals surface area (Å²) in [6, 6.07) is 15.8. The van der Waals surface area contributed by atoms with Gasteiger partial charge in [0.25, 0.3) is 0 Å². The van der Waals surface area contributed by atoms with E-state index in [9.17, 15) is 26.7 Å². The second kappa shape index (κ2) is 12.4. The summed E-state index contributed by atoms with van der Waals surface area (Å²) < 4.78 is 68.8. The average Bonchev–Trinajstić information content (AvgIpc) is 3.59. The molecule has 45 heavy (non-hydrogen) atoms. The highest BCUT2D eigenvalue weighted by Crippen LogP contribution is 2.37. The normalized spacial score (nSPS) is 14.6. The number of hydrogen-bond donors (Lipinski definition) is 3. The Morgan fingerprint density at radius 3 is 2.40 bits per heavy atom. The number of anilines is 1. The monoisotopic (exact) mass is 644 g/mol. The number of hydrogen-bond acceptors (Lipinski definition) is 5. The molecule has 1 aliphatic carbocycles. The van der Waals surface area contributed by atoms with E-state index in [0.29, 0.717) is 29.9 Å². The Morgan fingerprint density at radius 2 is 1.71 bits per heavy atom. The van der Waals surface area contributed by atoms with Gasteiger partial charge in [0.05, 0.1) is 5.69 Å². The van der Waals surface area contributed by atoms with Crippen LogP contribution in [0.3, 0.4) is 0 Å². The molecule has 0 radical (unpaired) electrons. The molecule has 1 unspecified atom stereocenters.